The van der Waals surface area contributed by atoms with Gasteiger partial charge in [-0.15, -0.1) is 0 Å². The highest BCUT2D eigenvalue weighted by Crippen LogP contribution is 2.45. The number of hydrogen-bond acceptors (Lipinski definition) is 15. The van der Waals surface area contributed by atoms with Gasteiger partial charge in [-0.3, -0.25) is 37.3 Å². The molecule has 0 rings (SSSR count). The molecule has 0 fully saturated rings. The minimum Gasteiger partial charge on any atom is -0.462 e. The van der Waals surface area contributed by atoms with Crippen LogP contribution in [0.25, 0.3) is 0 Å². The summed E-state index contributed by atoms with van der Waals surface area (Å²) in [6, 6.07) is 0. The highest BCUT2D eigenvalue weighted by molar-refractivity contribution is 7.47. The molecule has 0 aliphatic heterocycles. The van der Waals surface area contributed by atoms with Gasteiger partial charge in [0.15, 0.2) is 12.2 Å². The molecule has 0 aromatic heterocycles. The third-order valence-electron chi connectivity index (χ3n) is 20.0. The fraction of sp³-hybridized carbons (Fsp3) is 0.953. The van der Waals surface area contributed by atoms with Gasteiger partial charge in [0.25, 0.3) is 0 Å². The van der Waals surface area contributed by atoms with Crippen molar-refractivity contribution < 1.29 is 80.2 Å². The molecule has 0 bridgehead atoms. The third-order valence-corrected chi connectivity index (χ3v) is 21.9. The first-order chi connectivity index (χ1) is 50.4. The Morgan fingerprint density at radius 1 is 0.260 bits per heavy atom. The second-order valence-corrected chi connectivity index (χ2v) is 34.4. The number of phosphoric ester groups is 2. The molecule has 3 N–H and O–H groups in total. The molecule has 0 amide bonds. The fourth-order valence-electron chi connectivity index (χ4n) is 13.2. The van der Waals surface area contributed by atoms with Gasteiger partial charge in [0.1, 0.15) is 19.3 Å². The number of unbranched alkanes of at least 4 members (excludes halogenated alkanes) is 54. The van der Waals surface area contributed by atoms with E-state index in [0.29, 0.717) is 25.7 Å². The predicted octanol–water partition coefficient (Wildman–Crippen LogP) is 25.8. The van der Waals surface area contributed by atoms with Gasteiger partial charge in [-0.05, 0) is 37.5 Å². The highest BCUT2D eigenvalue weighted by Gasteiger charge is 2.30. The molecule has 0 saturated carbocycles. The molecule has 2 unspecified atom stereocenters. The first-order valence-corrected chi connectivity index (χ1v) is 47.0. The van der Waals surface area contributed by atoms with E-state index in [0.717, 1.165) is 102 Å². The number of carbonyl (C=O) groups is 4. The number of aliphatic hydroxyl groups is 1. The summed E-state index contributed by atoms with van der Waals surface area (Å²) in [5.41, 5.74) is 0. The van der Waals surface area contributed by atoms with Gasteiger partial charge in [-0.1, -0.05) is 401 Å². The monoisotopic (exact) mass is 1520 g/mol. The van der Waals surface area contributed by atoms with Crippen molar-refractivity contribution >= 4 is 39.5 Å². The SMILES string of the molecule is CCCCCCCCCCCCCCCCCCCCCCC(=O)O[C@H](COC(=O)CCCCCCCCCCCCCCCCCCCC)COP(=O)(O)OC[C@@H](O)COP(=O)(O)OC[C@@H](COC(=O)CCCCCCCCCCC(C)C)OC(=O)CCCCCCCCCCCCCCC(C)C. The number of aliphatic hydroxyl groups excluding tert-OH is 1. The zero-order chi connectivity index (χ0) is 76.4. The van der Waals surface area contributed by atoms with E-state index in [1.807, 2.05) is 0 Å². The van der Waals surface area contributed by atoms with E-state index in [1.54, 1.807) is 0 Å². The van der Waals surface area contributed by atoms with Crippen LogP contribution in [0.3, 0.4) is 0 Å². The van der Waals surface area contributed by atoms with Gasteiger partial charge in [0.05, 0.1) is 26.4 Å². The van der Waals surface area contributed by atoms with Crippen molar-refractivity contribution in [1.29, 1.82) is 0 Å². The molecule has 19 heteroatoms. The molecule has 0 aliphatic carbocycles. The summed E-state index contributed by atoms with van der Waals surface area (Å²) in [7, 11) is -9.93. The number of rotatable bonds is 84. The van der Waals surface area contributed by atoms with Crippen molar-refractivity contribution in [3.8, 4) is 0 Å². The van der Waals surface area contributed by atoms with Gasteiger partial charge in [-0.2, -0.15) is 0 Å². The Morgan fingerprint density at radius 2 is 0.442 bits per heavy atom. The average Bonchev–Trinajstić information content (AvgIpc) is 0.909. The molecule has 0 saturated heterocycles. The van der Waals surface area contributed by atoms with Crippen molar-refractivity contribution in [1.82, 2.24) is 0 Å². The Hall–Kier alpha value is -1.94. The van der Waals surface area contributed by atoms with E-state index in [4.69, 9.17) is 37.0 Å². The zero-order valence-corrected chi connectivity index (χ0v) is 70.1. The highest BCUT2D eigenvalue weighted by atomic mass is 31.2. The Morgan fingerprint density at radius 3 is 0.654 bits per heavy atom. The van der Waals surface area contributed by atoms with E-state index in [1.165, 1.54) is 270 Å². The molecule has 0 spiro atoms. The quantitative estimate of drug-likeness (QED) is 0.0222. The van der Waals surface area contributed by atoms with E-state index < -0.39 is 97.5 Å². The van der Waals surface area contributed by atoms with Crippen molar-refractivity contribution in [2.75, 3.05) is 39.6 Å². The molecular formula is C85H166O17P2. The van der Waals surface area contributed by atoms with Gasteiger partial charge in [0, 0.05) is 25.7 Å². The molecule has 17 nitrogen and oxygen atoms in total. The van der Waals surface area contributed by atoms with E-state index in [-0.39, 0.29) is 25.7 Å². The Labute approximate surface area is 638 Å². The standard InChI is InChI=1S/C85H166O17P2/c1-7-9-11-13-15-17-19-21-23-25-27-28-30-32-34-39-43-51-57-63-69-84(89)101-80(73-95-82(87)67-61-55-49-42-38-33-31-29-26-24-22-20-18-16-14-12-10-8-2)75-99-103(91,92)97-71-79(86)72-98-104(93,94)100-76-81(74-96-83(88)68-62-56-50-46-45-48-54-60-66-78(5)6)102-85(90)70-64-58-52-44-40-36-35-37-41-47-53-59-65-77(3)4/h77-81,86H,7-76H2,1-6H3,(H,91,92)(H,93,94)/t79-,80-,81-/m1/s1. The van der Waals surface area contributed by atoms with E-state index in [9.17, 15) is 43.2 Å². The topological polar surface area (TPSA) is 237 Å². The molecule has 618 valence electrons. The average molecular weight is 1520 g/mol. The molecule has 0 aliphatic rings. The molecule has 0 aromatic rings. The number of phosphoric acid groups is 2. The summed E-state index contributed by atoms with van der Waals surface area (Å²) in [4.78, 5) is 73.2. The van der Waals surface area contributed by atoms with Crippen LogP contribution in [0.1, 0.15) is 452 Å². The number of ether oxygens (including phenoxy) is 4. The molecule has 0 aromatic carbocycles. The number of esters is 4. The fourth-order valence-corrected chi connectivity index (χ4v) is 14.8. The van der Waals surface area contributed by atoms with Crippen LogP contribution < -0.4 is 0 Å². The Bertz CT molecular complexity index is 1990. The van der Waals surface area contributed by atoms with Crippen molar-refractivity contribution in [2.24, 2.45) is 11.8 Å². The van der Waals surface area contributed by atoms with Crippen LogP contribution in [0.5, 0.6) is 0 Å². The van der Waals surface area contributed by atoms with Crippen LogP contribution in [0.2, 0.25) is 0 Å². The minimum absolute atomic E-state index is 0.107. The third kappa shape index (κ3) is 78.2. The Kier molecular flexibility index (Phi) is 75.0. The van der Waals surface area contributed by atoms with Crippen molar-refractivity contribution in [2.45, 2.75) is 471 Å². The Balaban J connectivity index is 5.24. The van der Waals surface area contributed by atoms with E-state index in [2.05, 4.69) is 41.5 Å². The maximum Gasteiger partial charge on any atom is 0.472 e. The van der Waals surface area contributed by atoms with Crippen LogP contribution in [0.4, 0.5) is 0 Å². The number of carbonyl (C=O) groups excluding carboxylic acids is 4. The van der Waals surface area contributed by atoms with Crippen LogP contribution >= 0.6 is 15.6 Å². The molecule has 0 heterocycles. The van der Waals surface area contributed by atoms with Crippen molar-refractivity contribution in [3.05, 3.63) is 0 Å². The zero-order valence-electron chi connectivity index (χ0n) is 68.3. The lowest BCUT2D eigenvalue weighted by atomic mass is 10.0. The normalized spacial score (nSPS) is 13.8. The second kappa shape index (κ2) is 76.4. The molecule has 5 atom stereocenters. The largest absolute Gasteiger partial charge is 0.472 e. The summed E-state index contributed by atoms with van der Waals surface area (Å²) in [5.74, 6) is -0.601. The maximum absolute atomic E-state index is 13.1. The lowest BCUT2D eigenvalue weighted by molar-refractivity contribution is -0.161. The van der Waals surface area contributed by atoms with Gasteiger partial charge < -0.3 is 33.8 Å². The van der Waals surface area contributed by atoms with Gasteiger partial charge in [-0.25, -0.2) is 9.13 Å². The summed E-state index contributed by atoms with van der Waals surface area (Å²) in [6.07, 6.45) is 68.1. The first kappa shape index (κ1) is 102. The molecule has 0 radical (unpaired) electrons. The van der Waals surface area contributed by atoms with Gasteiger partial charge >= 0.3 is 39.5 Å². The van der Waals surface area contributed by atoms with Crippen molar-refractivity contribution in [3.63, 3.8) is 0 Å². The maximum atomic E-state index is 13.1. The van der Waals surface area contributed by atoms with Crippen LogP contribution in [0, 0.1) is 11.8 Å². The van der Waals surface area contributed by atoms with Crippen LogP contribution in [0.15, 0.2) is 0 Å². The first-order valence-electron chi connectivity index (χ1n) is 44.0. The van der Waals surface area contributed by atoms with Gasteiger partial charge in [0.2, 0.25) is 0 Å². The van der Waals surface area contributed by atoms with E-state index >= 15 is 0 Å². The van der Waals surface area contributed by atoms with Crippen LogP contribution in [-0.4, -0.2) is 96.7 Å². The molecule has 104 heavy (non-hydrogen) atoms. The summed E-state index contributed by atoms with van der Waals surface area (Å²) < 4.78 is 68.9. The second-order valence-electron chi connectivity index (χ2n) is 31.5. The summed E-state index contributed by atoms with van der Waals surface area (Å²) >= 11 is 0. The smallest absolute Gasteiger partial charge is 0.462 e. The lowest BCUT2D eigenvalue weighted by Gasteiger charge is -2.21. The summed E-state index contributed by atoms with van der Waals surface area (Å²) in [5, 5.41) is 10.7. The predicted molar refractivity (Wildman–Crippen MR) is 428 cm³/mol. The minimum atomic E-state index is -4.97. The number of hydrogen-bond donors (Lipinski definition) is 3. The molecular weight excluding hydrogens is 1350 g/mol. The lowest BCUT2D eigenvalue weighted by Crippen LogP contribution is -2.30. The van der Waals surface area contributed by atoms with Crippen LogP contribution in [-0.2, 0) is 65.4 Å². The summed E-state index contributed by atoms with van der Waals surface area (Å²) in [6.45, 7) is 9.64.